The normalized spacial score (nSPS) is 24.9. The second kappa shape index (κ2) is 8.44. The minimum absolute atomic E-state index is 0.0474. The van der Waals surface area contributed by atoms with Crippen molar-refractivity contribution in [1.82, 2.24) is 20.2 Å². The maximum absolute atomic E-state index is 13.0. The van der Waals surface area contributed by atoms with Crippen LogP contribution in [0, 0.1) is 11.3 Å². The molecule has 1 saturated carbocycles. The van der Waals surface area contributed by atoms with Crippen molar-refractivity contribution in [3.63, 3.8) is 0 Å². The predicted octanol–water partition coefficient (Wildman–Crippen LogP) is 0.309. The summed E-state index contributed by atoms with van der Waals surface area (Å²) in [6, 6.07) is -1.61. The van der Waals surface area contributed by atoms with Gasteiger partial charge in [0.15, 0.2) is 0 Å². The fourth-order valence-corrected chi connectivity index (χ4v) is 4.30. The van der Waals surface area contributed by atoms with E-state index in [0.29, 0.717) is 37.9 Å². The number of Topliss-reactive ketones (excluding diaryl/α,β-unsaturated/α-hetero) is 1. The van der Waals surface area contributed by atoms with Crippen molar-refractivity contribution in [3.8, 4) is 0 Å². The van der Waals surface area contributed by atoms with E-state index >= 15 is 0 Å². The monoisotopic (exact) mass is 403 g/mol. The summed E-state index contributed by atoms with van der Waals surface area (Å²) in [6.45, 7) is 4.20. The molecule has 0 radical (unpaired) electrons. The minimum atomic E-state index is -0.825. The first-order valence-electron chi connectivity index (χ1n) is 10.1. The number of aromatic amines is 1. The standard InChI is InChI=1S/C20H29N5O4/c1-20(2)6-7-25(19(29)15(21)9-13-10-22-11-23-13)16(20)18(28)24-17(27)12-4-3-5-14(26)8-12/h10-12,15-16H,3-9,21H2,1-2H3,(H,22,23)(H,24,27,28)/t12?,15-,16+/m0/s1. The Labute approximate surface area is 169 Å². The van der Waals surface area contributed by atoms with Crippen molar-refractivity contribution in [2.45, 2.75) is 64.5 Å². The third-order valence-corrected chi connectivity index (χ3v) is 5.98. The van der Waals surface area contributed by atoms with Crippen LogP contribution in [0.1, 0.15) is 51.6 Å². The first-order chi connectivity index (χ1) is 13.7. The van der Waals surface area contributed by atoms with Crippen LogP contribution in [-0.4, -0.2) is 57.0 Å². The summed E-state index contributed by atoms with van der Waals surface area (Å²) < 4.78 is 0. The zero-order valence-corrected chi connectivity index (χ0v) is 16.9. The maximum atomic E-state index is 13.0. The van der Waals surface area contributed by atoms with E-state index in [4.69, 9.17) is 5.73 Å². The average Bonchev–Trinajstić information content (AvgIpc) is 3.27. The van der Waals surface area contributed by atoms with Crippen LogP contribution in [0.5, 0.6) is 0 Å². The highest BCUT2D eigenvalue weighted by atomic mass is 16.2. The van der Waals surface area contributed by atoms with Gasteiger partial charge in [0.2, 0.25) is 17.7 Å². The van der Waals surface area contributed by atoms with Crippen molar-refractivity contribution < 1.29 is 19.2 Å². The molecule has 3 atom stereocenters. The molecule has 9 heteroatoms. The quantitative estimate of drug-likeness (QED) is 0.605. The molecule has 4 N–H and O–H groups in total. The molecule has 29 heavy (non-hydrogen) atoms. The van der Waals surface area contributed by atoms with Gasteiger partial charge in [-0.1, -0.05) is 13.8 Å². The lowest BCUT2D eigenvalue weighted by molar-refractivity contribution is -0.145. The number of carbonyl (C=O) groups is 4. The van der Waals surface area contributed by atoms with E-state index in [2.05, 4.69) is 15.3 Å². The summed E-state index contributed by atoms with van der Waals surface area (Å²) >= 11 is 0. The van der Waals surface area contributed by atoms with E-state index in [1.54, 1.807) is 6.20 Å². The van der Waals surface area contributed by atoms with E-state index in [1.807, 2.05) is 13.8 Å². The summed E-state index contributed by atoms with van der Waals surface area (Å²) in [5.74, 6) is -1.70. The molecule has 3 rings (SSSR count). The van der Waals surface area contributed by atoms with E-state index in [0.717, 1.165) is 0 Å². The van der Waals surface area contributed by atoms with Crippen molar-refractivity contribution in [3.05, 3.63) is 18.2 Å². The zero-order valence-electron chi connectivity index (χ0n) is 16.9. The maximum Gasteiger partial charge on any atom is 0.249 e. The van der Waals surface area contributed by atoms with Gasteiger partial charge in [-0.3, -0.25) is 24.5 Å². The zero-order chi connectivity index (χ0) is 21.2. The Bertz CT molecular complexity index is 789. The molecule has 2 aliphatic rings. The van der Waals surface area contributed by atoms with Crippen molar-refractivity contribution in [2.24, 2.45) is 17.1 Å². The first-order valence-corrected chi connectivity index (χ1v) is 10.1. The van der Waals surface area contributed by atoms with Crippen molar-refractivity contribution >= 4 is 23.5 Å². The molecule has 2 fully saturated rings. The molecule has 3 amide bonds. The summed E-state index contributed by atoms with van der Waals surface area (Å²) in [6.07, 6.45) is 5.99. The second-order valence-corrected chi connectivity index (χ2v) is 8.73. The van der Waals surface area contributed by atoms with Gasteiger partial charge >= 0.3 is 0 Å². The number of ketones is 1. The molecular formula is C20H29N5O4. The van der Waals surface area contributed by atoms with Gasteiger partial charge in [0, 0.05) is 37.9 Å². The summed E-state index contributed by atoms with van der Waals surface area (Å²) in [5, 5.41) is 2.45. The fourth-order valence-electron chi connectivity index (χ4n) is 4.30. The smallest absolute Gasteiger partial charge is 0.249 e. The van der Waals surface area contributed by atoms with Crippen LogP contribution in [0.3, 0.4) is 0 Å². The Morgan fingerprint density at radius 2 is 2.14 bits per heavy atom. The molecule has 9 nitrogen and oxygen atoms in total. The topological polar surface area (TPSA) is 138 Å². The van der Waals surface area contributed by atoms with Crippen LogP contribution < -0.4 is 11.1 Å². The number of nitrogens with one attached hydrogen (secondary N) is 2. The Balaban J connectivity index is 1.68. The number of hydrogen-bond acceptors (Lipinski definition) is 6. The number of nitrogens with zero attached hydrogens (tertiary/aromatic N) is 2. The van der Waals surface area contributed by atoms with Crippen LogP contribution in [0.25, 0.3) is 0 Å². The number of carbonyl (C=O) groups excluding carboxylic acids is 4. The van der Waals surface area contributed by atoms with E-state index in [1.165, 1.54) is 11.2 Å². The lowest BCUT2D eigenvalue weighted by Gasteiger charge is -2.33. The highest BCUT2D eigenvalue weighted by molar-refractivity contribution is 6.02. The summed E-state index contributed by atoms with van der Waals surface area (Å²) in [5.41, 5.74) is 6.27. The fraction of sp³-hybridized carbons (Fsp3) is 0.650. The summed E-state index contributed by atoms with van der Waals surface area (Å²) in [7, 11) is 0. The van der Waals surface area contributed by atoms with Crippen LogP contribution in [0.4, 0.5) is 0 Å². The number of imide groups is 1. The molecule has 1 aliphatic heterocycles. The molecule has 1 aliphatic carbocycles. The predicted molar refractivity (Wildman–Crippen MR) is 104 cm³/mol. The molecule has 0 bridgehead atoms. The number of hydrogen-bond donors (Lipinski definition) is 3. The van der Waals surface area contributed by atoms with E-state index < -0.39 is 35.2 Å². The molecule has 1 aromatic heterocycles. The van der Waals surface area contributed by atoms with E-state index in [9.17, 15) is 19.2 Å². The van der Waals surface area contributed by atoms with Crippen LogP contribution in [0.2, 0.25) is 0 Å². The largest absolute Gasteiger partial charge is 0.351 e. The number of amides is 3. The number of likely N-dealkylation sites (tertiary alicyclic amines) is 1. The van der Waals surface area contributed by atoms with E-state index in [-0.39, 0.29) is 24.5 Å². The molecule has 0 spiro atoms. The van der Waals surface area contributed by atoms with Gasteiger partial charge in [0.25, 0.3) is 0 Å². The molecule has 1 saturated heterocycles. The lowest BCUT2D eigenvalue weighted by Crippen LogP contribution is -2.56. The Kier molecular flexibility index (Phi) is 6.16. The number of H-pyrrole nitrogens is 1. The molecular weight excluding hydrogens is 374 g/mol. The van der Waals surface area contributed by atoms with Gasteiger partial charge in [-0.15, -0.1) is 0 Å². The third-order valence-electron chi connectivity index (χ3n) is 5.98. The third kappa shape index (κ3) is 4.72. The summed E-state index contributed by atoms with van der Waals surface area (Å²) in [4.78, 5) is 58.5. The molecule has 1 aromatic rings. The number of aromatic nitrogens is 2. The lowest BCUT2D eigenvalue weighted by atomic mass is 9.83. The van der Waals surface area contributed by atoms with Gasteiger partial charge in [0.1, 0.15) is 11.8 Å². The molecule has 2 heterocycles. The van der Waals surface area contributed by atoms with Crippen LogP contribution in [0.15, 0.2) is 12.5 Å². The highest BCUT2D eigenvalue weighted by Gasteiger charge is 2.48. The first kappa shape index (κ1) is 21.2. The Morgan fingerprint density at radius 1 is 1.38 bits per heavy atom. The van der Waals surface area contributed by atoms with Crippen LogP contribution in [-0.2, 0) is 25.6 Å². The average molecular weight is 403 g/mol. The van der Waals surface area contributed by atoms with Gasteiger partial charge in [-0.2, -0.15) is 0 Å². The highest BCUT2D eigenvalue weighted by Crippen LogP contribution is 2.37. The van der Waals surface area contributed by atoms with Crippen molar-refractivity contribution in [1.29, 1.82) is 0 Å². The molecule has 0 aromatic carbocycles. The van der Waals surface area contributed by atoms with Gasteiger partial charge < -0.3 is 15.6 Å². The van der Waals surface area contributed by atoms with Crippen molar-refractivity contribution in [2.75, 3.05) is 6.54 Å². The Morgan fingerprint density at radius 3 is 2.79 bits per heavy atom. The van der Waals surface area contributed by atoms with Gasteiger partial charge in [-0.05, 0) is 24.7 Å². The number of imidazole rings is 1. The Hall–Kier alpha value is -2.55. The molecule has 158 valence electrons. The van der Waals surface area contributed by atoms with Gasteiger partial charge in [0.05, 0.1) is 18.1 Å². The van der Waals surface area contributed by atoms with Crippen LogP contribution >= 0.6 is 0 Å². The SMILES string of the molecule is CC1(C)CCN(C(=O)[C@@H](N)Cc2c[nH]cn2)[C@@H]1C(=O)NC(=O)C1CCCC(=O)C1. The number of rotatable bonds is 5. The number of nitrogens with two attached hydrogens (primary N) is 1. The minimum Gasteiger partial charge on any atom is -0.351 e. The molecule has 1 unspecified atom stereocenters. The van der Waals surface area contributed by atoms with Gasteiger partial charge in [-0.25, -0.2) is 4.98 Å². The second-order valence-electron chi connectivity index (χ2n) is 8.73.